The lowest BCUT2D eigenvalue weighted by atomic mass is 10.1. The van der Waals surface area contributed by atoms with Gasteiger partial charge in [-0.1, -0.05) is 0 Å². The maximum atomic E-state index is 5.32. The van der Waals surface area contributed by atoms with Gasteiger partial charge >= 0.3 is 0 Å². The first-order chi connectivity index (χ1) is 8.28. The van der Waals surface area contributed by atoms with E-state index in [-0.39, 0.29) is 0 Å². The summed E-state index contributed by atoms with van der Waals surface area (Å²) in [4.78, 5) is 2.39. The number of ether oxygens (including phenoxy) is 3. The van der Waals surface area contributed by atoms with Gasteiger partial charge in [0.05, 0.1) is 21.3 Å². The zero-order valence-electron chi connectivity index (χ0n) is 10.7. The van der Waals surface area contributed by atoms with Crippen molar-refractivity contribution in [2.75, 3.05) is 41.0 Å². The van der Waals surface area contributed by atoms with Crippen LogP contribution in [-0.2, 0) is 6.42 Å². The number of benzene rings is 1. The largest absolute Gasteiger partial charge is 0.493 e. The summed E-state index contributed by atoms with van der Waals surface area (Å²) >= 11 is 0. The fourth-order valence-corrected chi connectivity index (χ4v) is 1.86. The van der Waals surface area contributed by atoms with Crippen LogP contribution in [0.1, 0.15) is 5.56 Å². The summed E-state index contributed by atoms with van der Waals surface area (Å²) < 4.78 is 15.9. The quantitative estimate of drug-likeness (QED) is 0.703. The molecule has 0 saturated carbocycles. The Bertz CT molecular complexity index is 363. The van der Waals surface area contributed by atoms with Gasteiger partial charge in [0.1, 0.15) is 0 Å². The highest BCUT2D eigenvalue weighted by molar-refractivity contribution is 5.53. The minimum atomic E-state index is 0.658. The van der Waals surface area contributed by atoms with Crippen molar-refractivity contribution in [2.24, 2.45) is 0 Å². The molecule has 1 aromatic carbocycles. The summed E-state index contributed by atoms with van der Waals surface area (Å²) in [6.07, 6.45) is 1.01. The predicted octanol–water partition coefficient (Wildman–Crippen LogP) is 1.57. The third-order valence-electron chi connectivity index (χ3n) is 2.98. The lowest BCUT2D eigenvalue weighted by Crippen LogP contribution is -2.04. The average Bonchev–Trinajstić information content (AvgIpc) is 3.18. The highest BCUT2D eigenvalue weighted by atomic mass is 16.5. The van der Waals surface area contributed by atoms with E-state index in [0.717, 1.165) is 24.5 Å². The maximum absolute atomic E-state index is 5.32. The van der Waals surface area contributed by atoms with E-state index >= 15 is 0 Å². The molecule has 17 heavy (non-hydrogen) atoms. The average molecular weight is 237 g/mol. The third-order valence-corrected chi connectivity index (χ3v) is 2.98. The van der Waals surface area contributed by atoms with E-state index in [0.29, 0.717) is 5.75 Å². The van der Waals surface area contributed by atoms with Gasteiger partial charge in [0.15, 0.2) is 11.5 Å². The first-order valence-electron chi connectivity index (χ1n) is 5.79. The van der Waals surface area contributed by atoms with E-state index < -0.39 is 0 Å². The number of methoxy groups -OCH3 is 3. The SMILES string of the molecule is COc1cc(CCN2CC2)cc(OC)c1OC. The molecule has 2 rings (SSSR count). The van der Waals surface area contributed by atoms with Gasteiger partial charge in [-0.3, -0.25) is 0 Å². The van der Waals surface area contributed by atoms with E-state index in [4.69, 9.17) is 14.2 Å². The maximum Gasteiger partial charge on any atom is 0.203 e. The van der Waals surface area contributed by atoms with Gasteiger partial charge in [-0.2, -0.15) is 0 Å². The fourth-order valence-electron chi connectivity index (χ4n) is 1.86. The van der Waals surface area contributed by atoms with Crippen molar-refractivity contribution < 1.29 is 14.2 Å². The molecule has 1 aliphatic heterocycles. The van der Waals surface area contributed by atoms with Crippen LogP contribution in [0.5, 0.6) is 17.2 Å². The molecule has 0 radical (unpaired) electrons. The van der Waals surface area contributed by atoms with Gasteiger partial charge < -0.3 is 19.1 Å². The summed E-state index contributed by atoms with van der Waals surface area (Å²) in [5.74, 6) is 2.12. The van der Waals surface area contributed by atoms with Crippen molar-refractivity contribution >= 4 is 0 Å². The van der Waals surface area contributed by atoms with E-state index in [1.807, 2.05) is 12.1 Å². The van der Waals surface area contributed by atoms with Crippen molar-refractivity contribution in [3.05, 3.63) is 17.7 Å². The third kappa shape index (κ3) is 2.82. The van der Waals surface area contributed by atoms with Crippen LogP contribution >= 0.6 is 0 Å². The Morgan fingerprint density at radius 2 is 1.59 bits per heavy atom. The second kappa shape index (κ2) is 5.27. The summed E-state index contributed by atoms with van der Waals surface area (Å²) in [6, 6.07) is 4.04. The van der Waals surface area contributed by atoms with Crippen molar-refractivity contribution in [3.8, 4) is 17.2 Å². The molecule has 4 heteroatoms. The lowest BCUT2D eigenvalue weighted by molar-refractivity contribution is 0.323. The Hall–Kier alpha value is -1.42. The molecule has 1 heterocycles. The highest BCUT2D eigenvalue weighted by Gasteiger charge is 2.18. The fraction of sp³-hybridized carbons (Fsp3) is 0.538. The van der Waals surface area contributed by atoms with Crippen LogP contribution in [0.15, 0.2) is 12.1 Å². The van der Waals surface area contributed by atoms with E-state index in [1.165, 1.54) is 18.7 Å². The molecular formula is C13H19NO3. The minimum Gasteiger partial charge on any atom is -0.493 e. The van der Waals surface area contributed by atoms with Crippen LogP contribution in [-0.4, -0.2) is 45.9 Å². The molecule has 1 saturated heterocycles. The van der Waals surface area contributed by atoms with Crippen LogP contribution < -0.4 is 14.2 Å². The molecule has 94 valence electrons. The molecule has 0 aromatic heterocycles. The molecular weight excluding hydrogens is 218 g/mol. The lowest BCUT2D eigenvalue weighted by Gasteiger charge is -2.14. The predicted molar refractivity (Wildman–Crippen MR) is 66.2 cm³/mol. The molecule has 0 aliphatic carbocycles. The molecule has 1 fully saturated rings. The van der Waals surface area contributed by atoms with E-state index in [9.17, 15) is 0 Å². The van der Waals surface area contributed by atoms with Gasteiger partial charge in [0.2, 0.25) is 5.75 Å². The molecule has 0 spiro atoms. The second-order valence-electron chi connectivity index (χ2n) is 4.13. The monoisotopic (exact) mass is 237 g/mol. The standard InChI is InChI=1S/C13H19NO3/c1-15-11-8-10(4-5-14-6-7-14)9-12(16-2)13(11)17-3/h8-9H,4-7H2,1-3H3. The highest BCUT2D eigenvalue weighted by Crippen LogP contribution is 2.38. The number of rotatable bonds is 6. The van der Waals surface area contributed by atoms with E-state index in [2.05, 4.69) is 4.90 Å². The van der Waals surface area contributed by atoms with Crippen LogP contribution in [0.2, 0.25) is 0 Å². The normalized spacial score (nSPS) is 14.5. The molecule has 0 N–H and O–H groups in total. The first-order valence-corrected chi connectivity index (χ1v) is 5.79. The summed E-state index contributed by atoms with van der Waals surface area (Å²) in [5.41, 5.74) is 1.21. The van der Waals surface area contributed by atoms with Gasteiger partial charge in [-0.05, 0) is 24.1 Å². The molecule has 1 aliphatic rings. The zero-order chi connectivity index (χ0) is 12.3. The molecule has 0 unspecified atom stereocenters. The van der Waals surface area contributed by atoms with Crippen LogP contribution in [0.4, 0.5) is 0 Å². The Morgan fingerprint density at radius 3 is 2.00 bits per heavy atom. The summed E-state index contributed by atoms with van der Waals surface area (Å²) in [6.45, 7) is 3.55. The van der Waals surface area contributed by atoms with Crippen LogP contribution in [0.3, 0.4) is 0 Å². The molecule has 4 nitrogen and oxygen atoms in total. The molecule has 0 atom stereocenters. The first kappa shape index (κ1) is 12.0. The second-order valence-corrected chi connectivity index (χ2v) is 4.13. The van der Waals surface area contributed by atoms with Gasteiger partial charge in [-0.15, -0.1) is 0 Å². The van der Waals surface area contributed by atoms with Crippen molar-refractivity contribution in [3.63, 3.8) is 0 Å². The Kier molecular flexibility index (Phi) is 3.74. The van der Waals surface area contributed by atoms with Crippen LogP contribution in [0.25, 0.3) is 0 Å². The molecule has 0 bridgehead atoms. The van der Waals surface area contributed by atoms with Crippen LogP contribution in [0, 0.1) is 0 Å². The van der Waals surface area contributed by atoms with Gasteiger partial charge in [0.25, 0.3) is 0 Å². The van der Waals surface area contributed by atoms with E-state index in [1.54, 1.807) is 21.3 Å². The van der Waals surface area contributed by atoms with Gasteiger partial charge in [0, 0.05) is 19.6 Å². The molecule has 0 amide bonds. The Morgan fingerprint density at radius 1 is 1.00 bits per heavy atom. The number of hydrogen-bond donors (Lipinski definition) is 0. The molecule has 1 aromatic rings. The minimum absolute atomic E-state index is 0.658. The summed E-state index contributed by atoms with van der Waals surface area (Å²) in [5, 5.41) is 0. The van der Waals surface area contributed by atoms with Gasteiger partial charge in [-0.25, -0.2) is 0 Å². The Labute approximate surface area is 102 Å². The Balaban J connectivity index is 2.19. The number of hydrogen-bond acceptors (Lipinski definition) is 4. The number of nitrogens with zero attached hydrogens (tertiary/aromatic N) is 1. The van der Waals surface area contributed by atoms with Crippen molar-refractivity contribution in [1.82, 2.24) is 4.90 Å². The zero-order valence-corrected chi connectivity index (χ0v) is 10.7. The topological polar surface area (TPSA) is 30.7 Å². The van der Waals surface area contributed by atoms with Crippen molar-refractivity contribution in [1.29, 1.82) is 0 Å². The smallest absolute Gasteiger partial charge is 0.203 e. The van der Waals surface area contributed by atoms with Crippen molar-refractivity contribution in [2.45, 2.75) is 6.42 Å². The summed E-state index contributed by atoms with van der Waals surface area (Å²) in [7, 11) is 4.91.